The van der Waals surface area contributed by atoms with Gasteiger partial charge in [-0.05, 0) is 44.0 Å². The minimum atomic E-state index is 0.836. The molecule has 0 spiro atoms. The van der Waals surface area contributed by atoms with Crippen molar-refractivity contribution in [3.8, 4) is 0 Å². The third-order valence-corrected chi connectivity index (χ3v) is 5.00. The molecule has 0 saturated carbocycles. The van der Waals surface area contributed by atoms with Crippen molar-refractivity contribution in [1.82, 2.24) is 20.0 Å². The Morgan fingerprint density at radius 2 is 1.68 bits per heavy atom. The predicted molar refractivity (Wildman–Crippen MR) is 104 cm³/mol. The third-order valence-electron chi connectivity index (χ3n) is 5.00. The Kier molecular flexibility index (Phi) is 5.76. The Labute approximate surface area is 151 Å². The Hall–Kier alpha value is -1.85. The summed E-state index contributed by atoms with van der Waals surface area (Å²) >= 11 is 0. The van der Waals surface area contributed by atoms with Gasteiger partial charge in [0.2, 0.25) is 0 Å². The molecule has 1 aromatic heterocycles. The van der Waals surface area contributed by atoms with Crippen molar-refractivity contribution >= 4 is 5.82 Å². The zero-order valence-electron chi connectivity index (χ0n) is 16.0. The van der Waals surface area contributed by atoms with Gasteiger partial charge in [-0.1, -0.05) is 24.3 Å². The van der Waals surface area contributed by atoms with E-state index < -0.39 is 0 Å². The van der Waals surface area contributed by atoms with Crippen LogP contribution in [0.5, 0.6) is 0 Å². The quantitative estimate of drug-likeness (QED) is 0.840. The van der Waals surface area contributed by atoms with Crippen molar-refractivity contribution in [1.29, 1.82) is 0 Å². The Morgan fingerprint density at radius 1 is 1.04 bits per heavy atom. The highest BCUT2D eigenvalue weighted by Gasteiger charge is 2.14. The van der Waals surface area contributed by atoms with Crippen LogP contribution in [0.2, 0.25) is 0 Å². The van der Waals surface area contributed by atoms with Crippen molar-refractivity contribution < 1.29 is 0 Å². The molecular weight excluding hydrogens is 310 g/mol. The summed E-state index contributed by atoms with van der Waals surface area (Å²) in [6.45, 7) is 7.39. The smallest absolute Gasteiger partial charge is 0.130 e. The lowest BCUT2D eigenvalue weighted by Gasteiger charge is -2.16. The highest BCUT2D eigenvalue weighted by atomic mass is 15.4. The molecule has 5 nitrogen and oxygen atoms in total. The lowest BCUT2D eigenvalue weighted by Crippen LogP contribution is -2.19. The van der Waals surface area contributed by atoms with Gasteiger partial charge in [0.25, 0.3) is 0 Å². The van der Waals surface area contributed by atoms with Gasteiger partial charge in [-0.15, -0.1) is 0 Å². The highest BCUT2D eigenvalue weighted by Crippen LogP contribution is 2.21. The molecule has 5 heteroatoms. The van der Waals surface area contributed by atoms with Crippen molar-refractivity contribution in [2.24, 2.45) is 7.05 Å². The van der Waals surface area contributed by atoms with Crippen LogP contribution in [0.4, 0.5) is 5.82 Å². The summed E-state index contributed by atoms with van der Waals surface area (Å²) in [7, 11) is 6.14. The molecule has 0 aliphatic carbocycles. The van der Waals surface area contributed by atoms with Crippen LogP contribution in [0.3, 0.4) is 0 Å². The lowest BCUT2D eigenvalue weighted by molar-refractivity contribution is 0.331. The largest absolute Gasteiger partial charge is 0.363 e. The number of nitrogens with zero attached hydrogens (tertiary/aromatic N) is 4. The number of hydrogen-bond donors (Lipinski definition) is 1. The lowest BCUT2D eigenvalue weighted by atomic mass is 10.1. The topological polar surface area (TPSA) is 36.3 Å². The molecule has 0 unspecified atom stereocenters. The normalized spacial score (nSPS) is 15.0. The second-order valence-electron chi connectivity index (χ2n) is 7.31. The molecule has 1 aliphatic heterocycles. The summed E-state index contributed by atoms with van der Waals surface area (Å²) in [4.78, 5) is 4.67. The van der Waals surface area contributed by atoms with E-state index in [1.165, 1.54) is 48.4 Å². The van der Waals surface area contributed by atoms with E-state index >= 15 is 0 Å². The first-order valence-corrected chi connectivity index (χ1v) is 9.25. The Bertz CT molecular complexity index is 681. The molecule has 136 valence electrons. The number of anilines is 1. The van der Waals surface area contributed by atoms with E-state index in [9.17, 15) is 0 Å². The zero-order valence-corrected chi connectivity index (χ0v) is 16.0. The Morgan fingerprint density at radius 3 is 2.32 bits per heavy atom. The molecule has 3 rings (SSSR count). The van der Waals surface area contributed by atoms with Crippen molar-refractivity contribution in [3.63, 3.8) is 0 Å². The number of benzene rings is 1. The fourth-order valence-electron chi connectivity index (χ4n) is 3.75. The van der Waals surface area contributed by atoms with Gasteiger partial charge in [-0.25, -0.2) is 0 Å². The molecule has 1 aliphatic rings. The second kappa shape index (κ2) is 8.02. The van der Waals surface area contributed by atoms with Crippen LogP contribution in [0.25, 0.3) is 0 Å². The van der Waals surface area contributed by atoms with E-state index in [0.29, 0.717) is 0 Å². The van der Waals surface area contributed by atoms with Gasteiger partial charge < -0.3 is 10.2 Å². The van der Waals surface area contributed by atoms with Gasteiger partial charge in [0, 0.05) is 46.3 Å². The Balaban J connectivity index is 1.54. The van der Waals surface area contributed by atoms with Crippen molar-refractivity contribution in [2.45, 2.75) is 39.4 Å². The molecule has 2 heterocycles. The van der Waals surface area contributed by atoms with Crippen LogP contribution in [-0.2, 0) is 26.7 Å². The number of hydrogen-bond acceptors (Lipinski definition) is 4. The zero-order chi connectivity index (χ0) is 17.8. The molecule has 0 bridgehead atoms. The first kappa shape index (κ1) is 18.0. The first-order chi connectivity index (χ1) is 12.0. The van der Waals surface area contributed by atoms with Crippen molar-refractivity contribution in [3.05, 3.63) is 46.6 Å². The fraction of sp³-hybridized carbons (Fsp3) is 0.550. The van der Waals surface area contributed by atoms with Crippen LogP contribution in [0, 0.1) is 6.92 Å². The second-order valence-corrected chi connectivity index (χ2v) is 7.31. The van der Waals surface area contributed by atoms with Gasteiger partial charge in [0.05, 0.1) is 5.69 Å². The predicted octanol–water partition coefficient (Wildman–Crippen LogP) is 2.68. The summed E-state index contributed by atoms with van der Waals surface area (Å²) in [5.74, 6) is 1.17. The van der Waals surface area contributed by atoms with Crippen LogP contribution < -0.4 is 10.2 Å². The molecule has 25 heavy (non-hydrogen) atoms. The molecule has 2 aromatic rings. The average molecular weight is 342 g/mol. The van der Waals surface area contributed by atoms with E-state index in [4.69, 9.17) is 0 Å². The number of aromatic nitrogens is 2. The van der Waals surface area contributed by atoms with E-state index in [-0.39, 0.29) is 0 Å². The SMILES string of the molecule is Cc1nn(C)c(N(C)C)c1CNCc1ccc(CN2CCCC2)cc1. The molecule has 0 atom stereocenters. The van der Waals surface area contributed by atoms with Gasteiger partial charge >= 0.3 is 0 Å². The van der Waals surface area contributed by atoms with Crippen LogP contribution in [0.15, 0.2) is 24.3 Å². The minimum Gasteiger partial charge on any atom is -0.363 e. The molecular formula is C20H31N5. The summed E-state index contributed by atoms with van der Waals surface area (Å²) in [6, 6.07) is 9.05. The summed E-state index contributed by atoms with van der Waals surface area (Å²) < 4.78 is 1.96. The first-order valence-electron chi connectivity index (χ1n) is 9.25. The molecule has 1 N–H and O–H groups in total. The van der Waals surface area contributed by atoms with E-state index in [1.54, 1.807) is 0 Å². The van der Waals surface area contributed by atoms with Crippen LogP contribution >= 0.6 is 0 Å². The summed E-state index contributed by atoms with van der Waals surface area (Å²) in [6.07, 6.45) is 2.70. The minimum absolute atomic E-state index is 0.836. The molecule has 0 amide bonds. The third kappa shape index (κ3) is 4.41. The van der Waals surface area contributed by atoms with E-state index in [0.717, 1.165) is 25.3 Å². The van der Waals surface area contributed by atoms with Gasteiger partial charge in [0.1, 0.15) is 5.82 Å². The number of likely N-dealkylation sites (tertiary alicyclic amines) is 1. The number of nitrogens with one attached hydrogen (secondary N) is 1. The highest BCUT2D eigenvalue weighted by molar-refractivity contribution is 5.48. The van der Waals surface area contributed by atoms with Crippen LogP contribution in [-0.4, -0.2) is 41.9 Å². The standard InChI is InChI=1S/C20H31N5/c1-16-19(20(23(2)3)24(4)22-16)14-21-13-17-7-9-18(10-8-17)15-25-11-5-6-12-25/h7-10,21H,5-6,11-15H2,1-4H3. The van der Waals surface area contributed by atoms with Gasteiger partial charge in [0.15, 0.2) is 0 Å². The average Bonchev–Trinajstić information content (AvgIpc) is 3.17. The maximum atomic E-state index is 4.55. The molecule has 1 saturated heterocycles. The van der Waals surface area contributed by atoms with Crippen molar-refractivity contribution in [2.75, 3.05) is 32.1 Å². The van der Waals surface area contributed by atoms with E-state index in [1.807, 2.05) is 11.7 Å². The monoisotopic (exact) mass is 341 g/mol. The maximum Gasteiger partial charge on any atom is 0.130 e. The van der Waals surface area contributed by atoms with Gasteiger partial charge in [-0.2, -0.15) is 5.10 Å². The fourth-order valence-corrected chi connectivity index (χ4v) is 3.75. The van der Waals surface area contributed by atoms with E-state index in [2.05, 4.69) is 65.5 Å². The maximum absolute atomic E-state index is 4.55. The van der Waals surface area contributed by atoms with Crippen LogP contribution in [0.1, 0.15) is 35.2 Å². The number of aryl methyl sites for hydroxylation is 2. The summed E-state index contributed by atoms with van der Waals surface area (Å²) in [5.41, 5.74) is 5.12. The van der Waals surface area contributed by atoms with Gasteiger partial charge in [-0.3, -0.25) is 9.58 Å². The molecule has 1 aromatic carbocycles. The molecule has 1 fully saturated rings. The summed E-state index contributed by atoms with van der Waals surface area (Å²) in [5, 5.41) is 8.12. The molecule has 0 radical (unpaired) electrons. The number of rotatable bonds is 7.